The summed E-state index contributed by atoms with van der Waals surface area (Å²) in [6, 6.07) is 9.66. The maximum Gasteiger partial charge on any atom is 0.417 e. The largest absolute Gasteiger partial charge is 0.432 e. The number of amidine groups is 1. The molecular weight excluding hydrogens is 451 g/mol. The highest BCUT2D eigenvalue weighted by molar-refractivity contribution is 6.11. The van der Waals surface area contributed by atoms with Gasteiger partial charge in [0.05, 0.1) is 11.1 Å². The fraction of sp³-hybridized carbons (Fsp3) is 0.308. The average Bonchev–Trinajstić information content (AvgIpc) is 2.78. The maximum atomic E-state index is 13.9. The van der Waals surface area contributed by atoms with Crippen molar-refractivity contribution in [3.8, 4) is 5.75 Å². The molecule has 0 unspecified atom stereocenters. The van der Waals surface area contributed by atoms with E-state index in [4.69, 9.17) is 10.1 Å². The second-order valence-corrected chi connectivity index (χ2v) is 7.98. The molecular formula is C26H25F5N2O. The minimum Gasteiger partial charge on any atom is -0.432 e. The lowest BCUT2D eigenvalue weighted by Crippen LogP contribution is -2.24. The quantitative estimate of drug-likeness (QED) is 0.256. The van der Waals surface area contributed by atoms with Crippen molar-refractivity contribution in [1.29, 1.82) is 5.41 Å². The van der Waals surface area contributed by atoms with Crippen LogP contribution in [0.15, 0.2) is 65.2 Å². The second-order valence-electron chi connectivity index (χ2n) is 7.98. The van der Waals surface area contributed by atoms with Crippen molar-refractivity contribution in [2.75, 3.05) is 0 Å². The molecule has 0 heterocycles. The van der Waals surface area contributed by atoms with E-state index >= 15 is 0 Å². The Morgan fingerprint density at radius 1 is 1.03 bits per heavy atom. The van der Waals surface area contributed by atoms with Crippen LogP contribution in [0, 0.1) is 5.41 Å². The van der Waals surface area contributed by atoms with Gasteiger partial charge in [0.2, 0.25) is 0 Å². The zero-order valence-electron chi connectivity index (χ0n) is 19.1. The molecule has 0 radical (unpaired) electrons. The number of rotatable bonds is 6. The highest BCUT2D eigenvalue weighted by atomic mass is 19.4. The molecule has 34 heavy (non-hydrogen) atoms. The molecule has 0 aromatic heterocycles. The molecule has 0 saturated carbocycles. The number of aliphatic imine (C=N–C) groups is 1. The number of allylic oxidation sites excluding steroid dienone is 4. The van der Waals surface area contributed by atoms with Gasteiger partial charge in [0.15, 0.2) is 5.84 Å². The fourth-order valence-corrected chi connectivity index (χ4v) is 3.64. The summed E-state index contributed by atoms with van der Waals surface area (Å²) >= 11 is 0. The average molecular weight is 476 g/mol. The van der Waals surface area contributed by atoms with Crippen LogP contribution in [0.1, 0.15) is 62.3 Å². The van der Waals surface area contributed by atoms with Crippen molar-refractivity contribution in [3.05, 3.63) is 82.4 Å². The first kappa shape index (κ1) is 25.3. The third-order valence-electron chi connectivity index (χ3n) is 5.52. The van der Waals surface area contributed by atoms with E-state index in [9.17, 15) is 22.0 Å². The lowest BCUT2D eigenvalue weighted by molar-refractivity contribution is -0.177. The van der Waals surface area contributed by atoms with Gasteiger partial charge in [-0.05, 0) is 67.2 Å². The number of nitrogens with zero attached hydrogens (tertiary/aromatic N) is 1. The number of para-hydroxylation sites is 1. The highest BCUT2D eigenvalue weighted by Crippen LogP contribution is 2.39. The Bertz CT molecular complexity index is 1180. The molecule has 180 valence electrons. The fourth-order valence-electron chi connectivity index (χ4n) is 3.64. The van der Waals surface area contributed by atoms with E-state index in [1.165, 1.54) is 50.2 Å². The number of hydrogen-bond donors (Lipinski definition) is 1. The molecule has 3 nitrogen and oxygen atoms in total. The highest BCUT2D eigenvalue weighted by Gasteiger charge is 2.35. The molecule has 1 aliphatic rings. The van der Waals surface area contributed by atoms with E-state index in [-0.39, 0.29) is 28.2 Å². The van der Waals surface area contributed by atoms with E-state index in [0.717, 1.165) is 18.1 Å². The first-order valence-electron chi connectivity index (χ1n) is 10.8. The molecule has 8 heteroatoms. The van der Waals surface area contributed by atoms with Crippen LogP contribution < -0.4 is 4.74 Å². The number of nitrogens with one attached hydrogen (secondary N) is 1. The Balaban J connectivity index is 1.99. The number of alkyl halides is 5. The molecule has 0 aliphatic heterocycles. The van der Waals surface area contributed by atoms with Crippen LogP contribution in [0.25, 0.3) is 5.57 Å². The van der Waals surface area contributed by atoms with E-state index in [1.54, 1.807) is 13.0 Å². The molecule has 0 saturated heterocycles. The van der Waals surface area contributed by atoms with Crippen molar-refractivity contribution in [3.63, 3.8) is 0 Å². The van der Waals surface area contributed by atoms with Crippen LogP contribution in [0.3, 0.4) is 0 Å². The van der Waals surface area contributed by atoms with Gasteiger partial charge in [-0.3, -0.25) is 5.41 Å². The molecule has 0 fully saturated rings. The molecule has 0 atom stereocenters. The normalized spacial score (nSPS) is 15.0. The Hall–Kier alpha value is -3.29. The van der Waals surface area contributed by atoms with Gasteiger partial charge in [-0.1, -0.05) is 43.3 Å². The third-order valence-corrected chi connectivity index (χ3v) is 5.52. The molecule has 1 aliphatic carbocycles. The summed E-state index contributed by atoms with van der Waals surface area (Å²) in [5, 5.41) is 8.27. The van der Waals surface area contributed by atoms with Gasteiger partial charge in [0.1, 0.15) is 5.75 Å². The van der Waals surface area contributed by atoms with Gasteiger partial charge in [0.25, 0.3) is 0 Å². The summed E-state index contributed by atoms with van der Waals surface area (Å²) in [4.78, 5) is 4.10. The predicted molar refractivity (Wildman–Crippen MR) is 124 cm³/mol. The van der Waals surface area contributed by atoms with Crippen LogP contribution in [0.4, 0.5) is 22.0 Å². The first-order valence-corrected chi connectivity index (χ1v) is 10.8. The van der Waals surface area contributed by atoms with E-state index < -0.39 is 30.1 Å². The smallest absolute Gasteiger partial charge is 0.417 e. The molecule has 3 rings (SSSR count). The van der Waals surface area contributed by atoms with E-state index in [2.05, 4.69) is 4.99 Å². The van der Waals surface area contributed by atoms with Crippen molar-refractivity contribution < 1.29 is 26.7 Å². The van der Waals surface area contributed by atoms with Gasteiger partial charge in [-0.15, -0.1) is 0 Å². The number of halogens is 5. The summed E-state index contributed by atoms with van der Waals surface area (Å²) in [7, 11) is 0. The Kier molecular flexibility index (Phi) is 7.38. The van der Waals surface area contributed by atoms with Crippen molar-refractivity contribution in [2.45, 2.75) is 52.3 Å². The minimum atomic E-state index is -4.59. The summed E-state index contributed by atoms with van der Waals surface area (Å²) in [5.41, 5.74) is 0.967. The van der Waals surface area contributed by atoms with E-state index in [0.29, 0.717) is 12.0 Å². The standard InChI is InChI=1S/C26H25F5N2O/c1-4-25(27,28)34-23-12-8-7-11-21(23)24(32)33-17(3)18-13-14-20(22(15-18)26(29,30)31)19-10-6-5-9-16(19)2/h7-15,32H,4-6H2,1-3H3. The van der Waals surface area contributed by atoms with Gasteiger partial charge >= 0.3 is 12.3 Å². The van der Waals surface area contributed by atoms with Gasteiger partial charge in [-0.25, -0.2) is 4.99 Å². The lowest BCUT2D eigenvalue weighted by Gasteiger charge is -2.20. The topological polar surface area (TPSA) is 45.4 Å². The summed E-state index contributed by atoms with van der Waals surface area (Å²) < 4.78 is 74.0. The molecule has 0 spiro atoms. The molecule has 0 amide bonds. The molecule has 0 bridgehead atoms. The summed E-state index contributed by atoms with van der Waals surface area (Å²) in [6.07, 6.45) is -3.40. The van der Waals surface area contributed by atoms with Crippen LogP contribution in [-0.4, -0.2) is 17.7 Å². The number of benzene rings is 2. The van der Waals surface area contributed by atoms with Crippen LogP contribution in [0.2, 0.25) is 0 Å². The molecule has 2 aromatic carbocycles. The van der Waals surface area contributed by atoms with Crippen LogP contribution in [0.5, 0.6) is 5.75 Å². The van der Waals surface area contributed by atoms with Gasteiger partial charge in [0, 0.05) is 12.1 Å². The van der Waals surface area contributed by atoms with Crippen molar-refractivity contribution >= 4 is 17.1 Å². The van der Waals surface area contributed by atoms with E-state index in [1.807, 2.05) is 6.08 Å². The Labute approximate surface area is 195 Å². The zero-order valence-corrected chi connectivity index (χ0v) is 19.1. The monoisotopic (exact) mass is 476 g/mol. The Morgan fingerprint density at radius 2 is 1.71 bits per heavy atom. The Morgan fingerprint density at radius 3 is 2.35 bits per heavy atom. The first-order chi connectivity index (χ1) is 15.9. The SMILES string of the molecule is CCC(F)(F)Oc1ccccc1C(=N)N=C(C)c1ccc(C2=CCCC=C2C)c(C(F)(F)F)c1. The maximum absolute atomic E-state index is 13.9. The molecule has 1 N–H and O–H groups in total. The zero-order chi connectivity index (χ0) is 25.1. The van der Waals surface area contributed by atoms with Gasteiger partial charge in [-0.2, -0.15) is 22.0 Å². The number of ether oxygens (including phenoxy) is 1. The van der Waals surface area contributed by atoms with Crippen molar-refractivity contribution in [2.24, 2.45) is 4.99 Å². The van der Waals surface area contributed by atoms with Gasteiger partial charge < -0.3 is 4.74 Å². The lowest BCUT2D eigenvalue weighted by atomic mass is 9.88. The number of hydrogen-bond acceptors (Lipinski definition) is 2. The van der Waals surface area contributed by atoms with Crippen LogP contribution in [-0.2, 0) is 6.18 Å². The predicted octanol–water partition coefficient (Wildman–Crippen LogP) is 8.05. The van der Waals surface area contributed by atoms with Crippen LogP contribution >= 0.6 is 0 Å². The second kappa shape index (κ2) is 9.91. The summed E-state index contributed by atoms with van der Waals surface area (Å²) in [6.45, 7) is 4.52. The minimum absolute atomic E-state index is 0.00997. The molecule has 2 aromatic rings. The summed E-state index contributed by atoms with van der Waals surface area (Å²) in [5.74, 6) is -0.625. The third kappa shape index (κ3) is 5.79. The van der Waals surface area contributed by atoms with Crippen molar-refractivity contribution in [1.82, 2.24) is 0 Å².